The van der Waals surface area contributed by atoms with Crippen molar-refractivity contribution >= 4 is 11.9 Å². The Balaban J connectivity index is 1.99. The number of phenolic OH excluding ortho intramolecular Hbond substituents is 1. The van der Waals surface area contributed by atoms with Gasteiger partial charge in [-0.25, -0.2) is 0 Å². The number of phenols is 1. The van der Waals surface area contributed by atoms with Gasteiger partial charge in [0.15, 0.2) is 5.76 Å². The molecule has 0 bridgehead atoms. The van der Waals surface area contributed by atoms with Crippen molar-refractivity contribution in [3.05, 3.63) is 47.5 Å². The van der Waals surface area contributed by atoms with E-state index in [1.807, 2.05) is 0 Å². The van der Waals surface area contributed by atoms with Gasteiger partial charge in [0.05, 0.1) is 11.8 Å². The first-order chi connectivity index (χ1) is 8.63. The summed E-state index contributed by atoms with van der Waals surface area (Å²) in [5.41, 5.74) is 1.25. The van der Waals surface area contributed by atoms with Crippen LogP contribution in [0.2, 0.25) is 0 Å². The lowest BCUT2D eigenvalue weighted by molar-refractivity contribution is 0.101. The van der Waals surface area contributed by atoms with Crippen LogP contribution in [0.5, 0.6) is 11.5 Å². The van der Waals surface area contributed by atoms with Crippen LogP contribution in [0.1, 0.15) is 15.9 Å². The normalized spacial score (nSPS) is 15.8. The smallest absolute Gasteiger partial charge is 0.231 e. The Kier molecular flexibility index (Phi) is 2.19. The highest BCUT2D eigenvalue weighted by Gasteiger charge is 2.27. The number of hydrogen-bond donors (Lipinski definition) is 1. The third-order valence-corrected chi connectivity index (χ3v) is 2.68. The molecule has 0 atom stereocenters. The minimum atomic E-state index is -0.186. The lowest BCUT2D eigenvalue weighted by Crippen LogP contribution is -1.97. The SMILES string of the molecule is Cn1cc(C=C2Oc3cc(O)ccc3C2=O)cn1. The summed E-state index contributed by atoms with van der Waals surface area (Å²) in [4.78, 5) is 12.0. The third kappa shape index (κ3) is 1.66. The van der Waals surface area contributed by atoms with Crippen LogP contribution in [0, 0.1) is 0 Å². The molecule has 0 saturated heterocycles. The van der Waals surface area contributed by atoms with Crippen LogP contribution in [0.25, 0.3) is 6.08 Å². The summed E-state index contributed by atoms with van der Waals surface area (Å²) in [6, 6.07) is 4.45. The zero-order chi connectivity index (χ0) is 12.7. The van der Waals surface area contributed by atoms with Gasteiger partial charge in [-0.15, -0.1) is 0 Å². The first kappa shape index (κ1) is 10.6. The highest BCUT2D eigenvalue weighted by atomic mass is 16.5. The van der Waals surface area contributed by atoms with Crippen molar-refractivity contribution < 1.29 is 14.6 Å². The second-order valence-corrected chi connectivity index (χ2v) is 4.07. The number of ether oxygens (including phenoxy) is 1. The van der Waals surface area contributed by atoms with E-state index in [4.69, 9.17) is 4.74 Å². The number of nitrogens with zero attached hydrogens (tertiary/aromatic N) is 2. The molecule has 0 radical (unpaired) electrons. The van der Waals surface area contributed by atoms with Gasteiger partial charge in [0, 0.05) is 24.9 Å². The Morgan fingerprint density at radius 3 is 3.00 bits per heavy atom. The highest BCUT2D eigenvalue weighted by molar-refractivity contribution is 6.14. The van der Waals surface area contributed by atoms with E-state index in [2.05, 4.69) is 5.10 Å². The molecule has 1 aromatic heterocycles. The molecule has 1 N–H and O–H groups in total. The van der Waals surface area contributed by atoms with Gasteiger partial charge >= 0.3 is 0 Å². The largest absolute Gasteiger partial charge is 0.508 e. The van der Waals surface area contributed by atoms with Gasteiger partial charge in [-0.05, 0) is 18.2 Å². The predicted octanol–water partition coefficient (Wildman–Crippen LogP) is 1.74. The fourth-order valence-corrected chi connectivity index (χ4v) is 1.84. The number of aromatic nitrogens is 2. The average molecular weight is 242 g/mol. The summed E-state index contributed by atoms with van der Waals surface area (Å²) in [7, 11) is 1.80. The third-order valence-electron chi connectivity index (χ3n) is 2.68. The molecule has 2 aromatic rings. The summed E-state index contributed by atoms with van der Waals surface area (Å²) in [5, 5.41) is 13.4. The lowest BCUT2D eigenvalue weighted by Gasteiger charge is -1.97. The maximum absolute atomic E-state index is 12.0. The molecule has 5 heteroatoms. The highest BCUT2D eigenvalue weighted by Crippen LogP contribution is 2.34. The van der Waals surface area contributed by atoms with Crippen molar-refractivity contribution in [1.29, 1.82) is 0 Å². The average Bonchev–Trinajstić information content (AvgIpc) is 2.85. The Hall–Kier alpha value is -2.56. The number of hydrogen-bond acceptors (Lipinski definition) is 4. The van der Waals surface area contributed by atoms with Crippen LogP contribution in [0.4, 0.5) is 0 Å². The standard InChI is InChI=1S/C13H10N2O3/c1-15-7-8(6-14-15)4-12-13(17)10-3-2-9(16)5-11(10)18-12/h2-7,16H,1H3. The van der Waals surface area contributed by atoms with E-state index in [1.54, 1.807) is 36.3 Å². The second-order valence-electron chi connectivity index (χ2n) is 4.07. The molecule has 0 aliphatic carbocycles. The van der Waals surface area contributed by atoms with Crippen molar-refractivity contribution in [2.45, 2.75) is 0 Å². The zero-order valence-corrected chi connectivity index (χ0v) is 9.62. The van der Waals surface area contributed by atoms with Gasteiger partial charge in [-0.2, -0.15) is 5.10 Å². The maximum atomic E-state index is 12.0. The van der Waals surface area contributed by atoms with Crippen molar-refractivity contribution in [3.63, 3.8) is 0 Å². The van der Waals surface area contributed by atoms with E-state index in [0.717, 1.165) is 5.56 Å². The number of aryl methyl sites for hydroxylation is 1. The molecule has 1 aromatic carbocycles. The number of ketones is 1. The molecule has 5 nitrogen and oxygen atoms in total. The van der Waals surface area contributed by atoms with Crippen LogP contribution < -0.4 is 4.74 Å². The molecule has 18 heavy (non-hydrogen) atoms. The number of allylic oxidation sites excluding steroid dienone is 1. The number of aromatic hydroxyl groups is 1. The van der Waals surface area contributed by atoms with Crippen molar-refractivity contribution in [2.24, 2.45) is 7.05 Å². The minimum absolute atomic E-state index is 0.0733. The molecule has 0 saturated carbocycles. The van der Waals surface area contributed by atoms with Gasteiger partial charge in [0.2, 0.25) is 5.78 Å². The summed E-state index contributed by atoms with van der Waals surface area (Å²) in [6.07, 6.45) is 5.06. The van der Waals surface area contributed by atoms with Gasteiger partial charge in [-0.1, -0.05) is 0 Å². The monoisotopic (exact) mass is 242 g/mol. The zero-order valence-electron chi connectivity index (χ0n) is 9.62. The molecule has 90 valence electrons. The Bertz CT molecular complexity index is 671. The number of carbonyl (C=O) groups excluding carboxylic acids is 1. The molecule has 0 unspecified atom stereocenters. The summed E-state index contributed by atoms with van der Waals surface area (Å²) in [6.45, 7) is 0. The Labute approximate surface area is 103 Å². The van der Waals surface area contributed by atoms with Gasteiger partial charge in [0.25, 0.3) is 0 Å². The van der Waals surface area contributed by atoms with Gasteiger partial charge < -0.3 is 9.84 Å². The van der Waals surface area contributed by atoms with Crippen molar-refractivity contribution in [2.75, 3.05) is 0 Å². The molecule has 0 amide bonds. The van der Waals surface area contributed by atoms with E-state index in [9.17, 15) is 9.90 Å². The number of benzene rings is 1. The Morgan fingerprint density at radius 1 is 1.44 bits per heavy atom. The minimum Gasteiger partial charge on any atom is -0.508 e. The fraction of sp³-hybridized carbons (Fsp3) is 0.0769. The first-order valence-electron chi connectivity index (χ1n) is 5.39. The van der Waals surface area contributed by atoms with E-state index < -0.39 is 0 Å². The number of Topliss-reactive ketones (excluding diaryl/α,β-unsaturated/α-hetero) is 1. The molecule has 0 fully saturated rings. The quantitative estimate of drug-likeness (QED) is 0.773. The first-order valence-corrected chi connectivity index (χ1v) is 5.39. The molecule has 1 aliphatic heterocycles. The predicted molar refractivity (Wildman–Crippen MR) is 64.3 cm³/mol. The second kappa shape index (κ2) is 3.73. The number of carbonyl (C=O) groups is 1. The topological polar surface area (TPSA) is 64.3 Å². The molecular formula is C13H10N2O3. The van der Waals surface area contributed by atoms with E-state index in [0.29, 0.717) is 11.3 Å². The number of rotatable bonds is 1. The summed E-state index contributed by atoms with van der Waals surface area (Å²) < 4.78 is 7.07. The van der Waals surface area contributed by atoms with E-state index >= 15 is 0 Å². The van der Waals surface area contributed by atoms with Crippen LogP contribution >= 0.6 is 0 Å². The van der Waals surface area contributed by atoms with E-state index in [1.165, 1.54) is 12.1 Å². The van der Waals surface area contributed by atoms with Crippen LogP contribution in [-0.2, 0) is 7.05 Å². The summed E-state index contributed by atoms with van der Waals surface area (Å²) >= 11 is 0. The van der Waals surface area contributed by atoms with E-state index in [-0.39, 0.29) is 17.3 Å². The maximum Gasteiger partial charge on any atom is 0.231 e. The molecule has 1 aliphatic rings. The Morgan fingerprint density at radius 2 is 2.28 bits per heavy atom. The molecule has 0 spiro atoms. The van der Waals surface area contributed by atoms with Crippen LogP contribution in [-0.4, -0.2) is 20.7 Å². The summed E-state index contributed by atoms with van der Waals surface area (Å²) in [5.74, 6) is 0.511. The van der Waals surface area contributed by atoms with Gasteiger partial charge in [0.1, 0.15) is 11.5 Å². The van der Waals surface area contributed by atoms with Crippen LogP contribution in [0.15, 0.2) is 36.4 Å². The number of fused-ring (bicyclic) bond motifs is 1. The van der Waals surface area contributed by atoms with Crippen molar-refractivity contribution in [3.8, 4) is 11.5 Å². The molecule has 3 rings (SSSR count). The lowest BCUT2D eigenvalue weighted by atomic mass is 10.1. The van der Waals surface area contributed by atoms with Crippen molar-refractivity contribution in [1.82, 2.24) is 9.78 Å². The van der Waals surface area contributed by atoms with Crippen LogP contribution in [0.3, 0.4) is 0 Å². The fourth-order valence-electron chi connectivity index (χ4n) is 1.84. The molecular weight excluding hydrogens is 232 g/mol. The van der Waals surface area contributed by atoms with Gasteiger partial charge in [-0.3, -0.25) is 9.48 Å². The molecule has 2 heterocycles.